The van der Waals surface area contributed by atoms with Gasteiger partial charge in [0.15, 0.2) is 6.29 Å². The van der Waals surface area contributed by atoms with Crippen LogP contribution in [-0.2, 0) is 31.1 Å². The van der Waals surface area contributed by atoms with Gasteiger partial charge in [-0.05, 0) is 79.8 Å². The van der Waals surface area contributed by atoms with Crippen molar-refractivity contribution in [3.05, 3.63) is 57.6 Å². The van der Waals surface area contributed by atoms with Gasteiger partial charge in [-0.3, -0.25) is 4.79 Å². The minimum atomic E-state index is -0.555. The molecule has 0 fully saturated rings. The lowest BCUT2D eigenvalue weighted by Gasteiger charge is -2.26. The predicted octanol–water partition coefficient (Wildman–Crippen LogP) is 5.04. The second-order valence-electron chi connectivity index (χ2n) is 7.54. The fourth-order valence-electron chi connectivity index (χ4n) is 3.80. The summed E-state index contributed by atoms with van der Waals surface area (Å²) >= 11 is 1.74. The van der Waals surface area contributed by atoms with Crippen molar-refractivity contribution in [2.45, 2.75) is 61.2 Å². The maximum Gasteiger partial charge on any atom is 0.151 e. The monoisotopic (exact) mass is 347 g/mol. The van der Waals surface area contributed by atoms with Gasteiger partial charge in [-0.1, -0.05) is 30.0 Å². The van der Waals surface area contributed by atoms with E-state index in [1.165, 1.54) is 46.4 Å². The summed E-state index contributed by atoms with van der Waals surface area (Å²) in [4.78, 5) is 13.9. The molecule has 3 heteroatoms. The van der Waals surface area contributed by atoms with Gasteiger partial charge in [-0.2, -0.15) is 5.26 Å². The van der Waals surface area contributed by atoms with Gasteiger partial charge in [0.1, 0.15) is 0 Å². The van der Waals surface area contributed by atoms with Crippen LogP contribution in [0.5, 0.6) is 0 Å². The highest BCUT2D eigenvalue weighted by Crippen LogP contribution is 2.45. The Bertz CT molecular complexity index is 921. The summed E-state index contributed by atoms with van der Waals surface area (Å²) in [6.45, 7) is 3.84. The molecule has 4 rings (SSSR count). The predicted molar refractivity (Wildman–Crippen MR) is 100 cm³/mol. The lowest BCUT2D eigenvalue weighted by molar-refractivity contribution is 0.112. The van der Waals surface area contributed by atoms with Crippen LogP contribution in [0.1, 0.15) is 58.4 Å². The summed E-state index contributed by atoms with van der Waals surface area (Å²) in [5.74, 6) is 0. The summed E-state index contributed by atoms with van der Waals surface area (Å²) in [6, 6.07) is 10.6. The maximum atomic E-state index is 11.6. The average molecular weight is 347 g/mol. The molecule has 2 aliphatic rings. The van der Waals surface area contributed by atoms with Crippen molar-refractivity contribution < 1.29 is 4.79 Å². The molecule has 126 valence electrons. The molecule has 0 saturated heterocycles. The summed E-state index contributed by atoms with van der Waals surface area (Å²) in [5, 5.41) is 9.44. The first-order chi connectivity index (χ1) is 12.0. The summed E-state index contributed by atoms with van der Waals surface area (Å²) in [7, 11) is 0. The second-order valence-corrected chi connectivity index (χ2v) is 8.60. The van der Waals surface area contributed by atoms with Crippen molar-refractivity contribution in [2.24, 2.45) is 0 Å². The molecule has 0 saturated carbocycles. The van der Waals surface area contributed by atoms with Crippen LogP contribution in [0.25, 0.3) is 0 Å². The number of aryl methyl sites for hydroxylation is 2. The molecule has 0 spiro atoms. The van der Waals surface area contributed by atoms with Crippen LogP contribution in [0, 0.1) is 11.3 Å². The number of aldehydes is 1. The molecule has 25 heavy (non-hydrogen) atoms. The molecule has 0 heterocycles. The van der Waals surface area contributed by atoms with Gasteiger partial charge in [-0.15, -0.1) is 0 Å². The first-order valence-electron chi connectivity index (χ1n) is 8.89. The van der Waals surface area contributed by atoms with Gasteiger partial charge in [0.25, 0.3) is 0 Å². The number of hydrogen-bond acceptors (Lipinski definition) is 3. The van der Waals surface area contributed by atoms with Crippen LogP contribution in [-0.4, -0.2) is 6.29 Å². The molecule has 0 radical (unpaired) electrons. The third-order valence-corrected chi connectivity index (χ3v) is 6.81. The highest BCUT2D eigenvalue weighted by molar-refractivity contribution is 7.99. The van der Waals surface area contributed by atoms with E-state index < -0.39 is 5.41 Å². The molecule has 0 N–H and O–H groups in total. The Morgan fingerprint density at radius 3 is 2.52 bits per heavy atom. The highest BCUT2D eigenvalue weighted by Gasteiger charge is 2.27. The van der Waals surface area contributed by atoms with Crippen LogP contribution < -0.4 is 0 Å². The van der Waals surface area contributed by atoms with Gasteiger partial charge >= 0.3 is 0 Å². The molecule has 0 unspecified atom stereocenters. The molecular formula is C22H21NOS. The zero-order valence-corrected chi connectivity index (χ0v) is 15.5. The van der Waals surface area contributed by atoms with Gasteiger partial charge in [0.2, 0.25) is 0 Å². The molecule has 0 aromatic heterocycles. The van der Waals surface area contributed by atoms with Gasteiger partial charge in [-0.25, -0.2) is 0 Å². The first kappa shape index (κ1) is 16.4. The number of benzene rings is 2. The molecule has 0 atom stereocenters. The Morgan fingerprint density at radius 2 is 1.84 bits per heavy atom. The number of carbonyl (C=O) groups excluding carboxylic acids is 1. The maximum absolute atomic E-state index is 11.6. The van der Waals surface area contributed by atoms with E-state index in [0.717, 1.165) is 29.6 Å². The minimum Gasteiger partial charge on any atom is -0.298 e. The van der Waals surface area contributed by atoms with Gasteiger partial charge in [0.05, 0.1) is 11.5 Å². The Kier molecular flexibility index (Phi) is 3.96. The Labute approximate surface area is 153 Å². The van der Waals surface area contributed by atoms with E-state index in [4.69, 9.17) is 0 Å². The summed E-state index contributed by atoms with van der Waals surface area (Å²) in [5.41, 5.74) is 7.09. The zero-order valence-electron chi connectivity index (χ0n) is 14.7. The first-order valence-corrected chi connectivity index (χ1v) is 9.70. The average Bonchev–Trinajstić information content (AvgIpc) is 3.06. The standard InChI is InChI=1S/C22H21NOS/c1-22(2,13-23)17-8-6-16(12-24)20(11-17)25-21-18-5-3-4-14(18)10-15-7-9-19(15)21/h6,8,10-12H,3-5,7,9H2,1-2H3. The Balaban J connectivity index is 1.81. The second kappa shape index (κ2) is 6.04. The normalized spacial score (nSPS) is 15.1. The number of rotatable bonds is 4. The largest absolute Gasteiger partial charge is 0.298 e. The van der Waals surface area contributed by atoms with Crippen LogP contribution in [0.4, 0.5) is 0 Å². The molecule has 2 aliphatic carbocycles. The summed E-state index contributed by atoms with van der Waals surface area (Å²) < 4.78 is 0. The van der Waals surface area contributed by atoms with Crippen LogP contribution in [0.15, 0.2) is 34.1 Å². The third-order valence-electron chi connectivity index (χ3n) is 5.54. The van der Waals surface area contributed by atoms with E-state index in [1.54, 1.807) is 11.8 Å². The van der Waals surface area contributed by atoms with E-state index >= 15 is 0 Å². The minimum absolute atomic E-state index is 0.555. The van der Waals surface area contributed by atoms with Crippen LogP contribution in [0.3, 0.4) is 0 Å². The van der Waals surface area contributed by atoms with E-state index in [2.05, 4.69) is 12.1 Å². The SMILES string of the molecule is CC(C)(C#N)c1ccc(C=O)c(Sc2c3c(cc4c2CC4)CCC3)c1. The number of fused-ring (bicyclic) bond motifs is 2. The van der Waals surface area contributed by atoms with Gasteiger partial charge < -0.3 is 0 Å². The molecule has 0 bridgehead atoms. The van der Waals surface area contributed by atoms with Crippen LogP contribution in [0.2, 0.25) is 0 Å². The smallest absolute Gasteiger partial charge is 0.151 e. The van der Waals surface area contributed by atoms with E-state index in [0.29, 0.717) is 5.56 Å². The Hall–Kier alpha value is -2.05. The number of nitriles is 1. The van der Waals surface area contributed by atoms with E-state index in [9.17, 15) is 10.1 Å². The quantitative estimate of drug-likeness (QED) is 0.728. The van der Waals surface area contributed by atoms with Crippen molar-refractivity contribution in [3.63, 3.8) is 0 Å². The lowest BCUT2D eigenvalue weighted by atomic mass is 9.85. The molecular weight excluding hydrogens is 326 g/mol. The third kappa shape index (κ3) is 2.69. The molecule has 2 aromatic rings. The Morgan fingerprint density at radius 1 is 1.08 bits per heavy atom. The zero-order chi connectivity index (χ0) is 17.6. The van der Waals surface area contributed by atoms with Crippen molar-refractivity contribution in [2.75, 3.05) is 0 Å². The van der Waals surface area contributed by atoms with Crippen molar-refractivity contribution in [1.82, 2.24) is 0 Å². The van der Waals surface area contributed by atoms with Crippen molar-refractivity contribution in [1.29, 1.82) is 5.26 Å². The number of nitrogens with zero attached hydrogens (tertiary/aromatic N) is 1. The van der Waals surface area contributed by atoms with E-state index in [-0.39, 0.29) is 0 Å². The molecule has 2 nitrogen and oxygen atoms in total. The van der Waals surface area contributed by atoms with Crippen molar-refractivity contribution in [3.8, 4) is 6.07 Å². The topological polar surface area (TPSA) is 40.9 Å². The number of hydrogen-bond donors (Lipinski definition) is 0. The number of carbonyl (C=O) groups is 1. The molecule has 0 aliphatic heterocycles. The van der Waals surface area contributed by atoms with E-state index in [1.807, 2.05) is 32.0 Å². The molecule has 2 aromatic carbocycles. The fraction of sp³-hybridized carbons (Fsp3) is 0.364. The van der Waals surface area contributed by atoms with Crippen molar-refractivity contribution >= 4 is 18.0 Å². The fourth-order valence-corrected chi connectivity index (χ4v) is 5.15. The van der Waals surface area contributed by atoms with Crippen LogP contribution >= 0.6 is 11.8 Å². The summed E-state index contributed by atoms with van der Waals surface area (Å²) in [6.07, 6.45) is 6.81. The molecule has 0 amide bonds. The lowest BCUT2D eigenvalue weighted by Crippen LogP contribution is -2.14. The highest BCUT2D eigenvalue weighted by atomic mass is 32.2. The van der Waals surface area contributed by atoms with Gasteiger partial charge in [0, 0.05) is 15.4 Å².